The highest BCUT2D eigenvalue weighted by Gasteiger charge is 2.22. The fraction of sp³-hybridized carbons (Fsp3) is 0.0833. The van der Waals surface area contributed by atoms with Crippen molar-refractivity contribution in [2.75, 3.05) is 16.8 Å². The Morgan fingerprint density at radius 3 is 2.39 bits per heavy atom. The molecule has 0 saturated carbocycles. The van der Waals surface area contributed by atoms with E-state index in [9.17, 15) is 19.8 Å². The summed E-state index contributed by atoms with van der Waals surface area (Å²) in [6, 6.07) is 33.6. The Morgan fingerprint density at radius 1 is 0.886 bits per heavy atom. The van der Waals surface area contributed by atoms with Crippen molar-refractivity contribution in [1.82, 2.24) is 0 Å². The van der Waals surface area contributed by atoms with E-state index in [-0.39, 0.29) is 22.4 Å². The zero-order valence-electron chi connectivity index (χ0n) is 23.7. The monoisotopic (exact) mass is 599 g/mol. The van der Waals surface area contributed by atoms with Gasteiger partial charge in [-0.25, -0.2) is 4.79 Å². The molecule has 0 radical (unpaired) electrons. The summed E-state index contributed by atoms with van der Waals surface area (Å²) < 4.78 is 0. The van der Waals surface area contributed by atoms with E-state index >= 15 is 0 Å². The minimum absolute atomic E-state index is 0.0632. The third kappa shape index (κ3) is 6.02. The number of hydrogen-bond acceptors (Lipinski definition) is 6. The molecule has 1 aliphatic rings. The molecule has 6 rings (SSSR count). The molecule has 0 atom stereocenters. The molecule has 44 heavy (non-hydrogen) atoms. The predicted molar refractivity (Wildman–Crippen MR) is 176 cm³/mol. The predicted octanol–water partition coefficient (Wildman–Crippen LogP) is 7.99. The molecule has 0 aliphatic carbocycles. The smallest absolute Gasteiger partial charge is 0.339 e. The fourth-order valence-corrected chi connectivity index (χ4v) is 6.29. The second kappa shape index (κ2) is 12.4. The number of phenols is 1. The van der Waals surface area contributed by atoms with Crippen LogP contribution in [0.25, 0.3) is 16.5 Å². The Balaban J connectivity index is 1.33. The number of nitrogens with one attached hydrogen (secondary N) is 2. The summed E-state index contributed by atoms with van der Waals surface area (Å²) >= 11 is 1.51. The molecule has 0 fully saturated rings. The molecule has 0 spiro atoms. The van der Waals surface area contributed by atoms with Crippen LogP contribution in [0.4, 0.5) is 17.1 Å². The number of anilines is 3. The Bertz CT molecular complexity index is 1900. The van der Waals surface area contributed by atoms with Crippen LogP contribution in [0.3, 0.4) is 0 Å². The topological polar surface area (TPSA) is 114 Å². The lowest BCUT2D eigenvalue weighted by Crippen LogP contribution is -2.24. The number of fused-ring (bicyclic) bond motifs is 1. The number of para-hydroxylation sites is 2. The van der Waals surface area contributed by atoms with E-state index in [0.29, 0.717) is 5.69 Å². The average molecular weight is 600 g/mol. The van der Waals surface area contributed by atoms with Gasteiger partial charge in [0.25, 0.3) is 5.91 Å². The first-order valence-electron chi connectivity index (χ1n) is 14.2. The maximum Gasteiger partial charge on any atom is 0.339 e. The largest absolute Gasteiger partial charge is 0.507 e. The van der Waals surface area contributed by atoms with Gasteiger partial charge in [-0.2, -0.15) is 0 Å². The summed E-state index contributed by atoms with van der Waals surface area (Å²) in [7, 11) is 0. The second-order valence-corrected chi connectivity index (χ2v) is 11.5. The van der Waals surface area contributed by atoms with Crippen molar-refractivity contribution in [3.63, 3.8) is 0 Å². The lowest BCUT2D eigenvalue weighted by molar-refractivity contribution is -0.112. The quantitative estimate of drug-likeness (QED) is 0.107. The average Bonchev–Trinajstić information content (AvgIpc) is 3.52. The van der Waals surface area contributed by atoms with Gasteiger partial charge in [0.15, 0.2) is 0 Å². The first-order chi connectivity index (χ1) is 21.4. The van der Waals surface area contributed by atoms with Gasteiger partial charge in [0, 0.05) is 38.9 Å². The molecule has 1 aliphatic heterocycles. The van der Waals surface area contributed by atoms with E-state index in [0.717, 1.165) is 34.7 Å². The highest BCUT2D eigenvalue weighted by molar-refractivity contribution is 7.16. The number of carboxylic acid groups (broad SMARTS) is 1. The molecule has 2 heterocycles. The van der Waals surface area contributed by atoms with E-state index < -0.39 is 17.6 Å². The molecule has 8 heteroatoms. The van der Waals surface area contributed by atoms with Crippen molar-refractivity contribution >= 4 is 52.1 Å². The van der Waals surface area contributed by atoms with Crippen LogP contribution in [0.1, 0.15) is 32.8 Å². The number of aromatic carboxylic acids is 1. The normalized spacial score (nSPS) is 12.8. The van der Waals surface area contributed by atoms with Crippen molar-refractivity contribution in [3.8, 4) is 16.2 Å². The van der Waals surface area contributed by atoms with E-state index in [1.54, 1.807) is 30.3 Å². The van der Waals surface area contributed by atoms with Crippen LogP contribution in [0, 0.1) is 5.41 Å². The first-order valence-corrected chi connectivity index (χ1v) is 15.0. The van der Waals surface area contributed by atoms with Crippen LogP contribution in [0.5, 0.6) is 5.75 Å². The highest BCUT2D eigenvalue weighted by Crippen LogP contribution is 2.38. The molecule has 4 aromatic carbocycles. The maximum absolute atomic E-state index is 13.5. The van der Waals surface area contributed by atoms with Gasteiger partial charge in [0.2, 0.25) is 0 Å². The number of thiophene rings is 1. The number of aromatic hydroxyl groups is 1. The number of carbonyl (C=O) groups is 2. The van der Waals surface area contributed by atoms with Crippen molar-refractivity contribution < 1.29 is 19.8 Å². The minimum Gasteiger partial charge on any atom is -0.507 e. The molecule has 218 valence electrons. The number of aryl methyl sites for hydroxylation is 1. The van der Waals surface area contributed by atoms with Crippen LogP contribution in [-0.4, -0.2) is 34.3 Å². The number of rotatable bonds is 8. The number of amides is 1. The van der Waals surface area contributed by atoms with Crippen molar-refractivity contribution in [1.29, 1.82) is 5.41 Å². The van der Waals surface area contributed by atoms with E-state index in [4.69, 9.17) is 5.41 Å². The van der Waals surface area contributed by atoms with Crippen LogP contribution in [0.2, 0.25) is 0 Å². The molecule has 1 amide bonds. The number of carboxylic acids is 1. The van der Waals surface area contributed by atoms with Crippen LogP contribution < -0.4 is 10.2 Å². The summed E-state index contributed by atoms with van der Waals surface area (Å²) in [5, 5.41) is 31.2. The Labute approximate surface area is 258 Å². The molecule has 7 nitrogen and oxygen atoms in total. The molecule has 0 saturated heterocycles. The van der Waals surface area contributed by atoms with Crippen molar-refractivity contribution in [2.24, 2.45) is 0 Å². The summed E-state index contributed by atoms with van der Waals surface area (Å²) in [5.41, 5.74) is 5.09. The highest BCUT2D eigenvalue weighted by atomic mass is 32.1. The third-order valence-electron chi connectivity index (χ3n) is 7.53. The molecule has 0 unspecified atom stereocenters. The summed E-state index contributed by atoms with van der Waals surface area (Å²) in [5.74, 6) is -2.24. The fourth-order valence-electron chi connectivity index (χ4n) is 5.34. The van der Waals surface area contributed by atoms with Gasteiger partial charge in [0.05, 0.1) is 11.3 Å². The Hall–Kier alpha value is -5.47. The SMILES string of the molecule is N=C(/C(=C/c1ccc(-c2ccc3c(c2)CCCN3c2ccccc2)s1)C(=O)Nc1ccccc1)c1ccc(O)c(C(=O)O)c1. The number of carbonyl (C=O) groups excluding carboxylic acids is 1. The lowest BCUT2D eigenvalue weighted by Gasteiger charge is -2.31. The van der Waals surface area contributed by atoms with E-state index in [2.05, 4.69) is 52.7 Å². The number of benzene rings is 4. The zero-order valence-corrected chi connectivity index (χ0v) is 24.5. The van der Waals surface area contributed by atoms with Gasteiger partial charge < -0.3 is 20.4 Å². The van der Waals surface area contributed by atoms with Crippen LogP contribution >= 0.6 is 11.3 Å². The maximum atomic E-state index is 13.5. The number of nitrogens with zero attached hydrogens (tertiary/aromatic N) is 1. The van der Waals surface area contributed by atoms with Gasteiger partial charge in [-0.1, -0.05) is 42.5 Å². The first kappa shape index (κ1) is 28.6. The number of hydrogen-bond donors (Lipinski definition) is 4. The van der Waals surface area contributed by atoms with E-state index in [1.807, 2.05) is 24.3 Å². The van der Waals surface area contributed by atoms with Gasteiger partial charge in [0.1, 0.15) is 11.3 Å². The molecule has 4 N–H and O–H groups in total. The lowest BCUT2D eigenvalue weighted by atomic mass is 9.98. The molecule has 1 aromatic heterocycles. The minimum atomic E-state index is -1.32. The van der Waals surface area contributed by atoms with Crippen LogP contribution in [0.15, 0.2) is 115 Å². The zero-order chi connectivity index (χ0) is 30.6. The summed E-state index contributed by atoms with van der Waals surface area (Å²) in [6.45, 7) is 0.971. The molecular formula is C36H29N3O4S. The standard InChI is InChI=1S/C36H29N3O4S/c37-34(25-14-17-32(40)29(21-25)36(42)43)30(35(41)38-26-9-3-1-4-10-26)22-28-15-18-33(44-28)24-13-16-31-23(20-24)8-7-19-39(31)27-11-5-2-6-12-27/h1-6,9-18,20-22,37,40H,7-8,19H2,(H,38,41)(H,42,43)/b30-22-,37-34?. The van der Waals surface area contributed by atoms with Gasteiger partial charge in [-0.3, -0.25) is 10.2 Å². The molecule has 0 bridgehead atoms. The van der Waals surface area contributed by atoms with Crippen molar-refractivity contribution in [3.05, 3.63) is 136 Å². The Morgan fingerprint density at radius 2 is 1.64 bits per heavy atom. The van der Waals surface area contributed by atoms with Gasteiger partial charge in [-0.15, -0.1) is 11.3 Å². The van der Waals surface area contributed by atoms with Gasteiger partial charge in [-0.05, 0) is 96.8 Å². The second-order valence-electron chi connectivity index (χ2n) is 10.4. The van der Waals surface area contributed by atoms with E-state index in [1.165, 1.54) is 46.5 Å². The Kier molecular flexibility index (Phi) is 8.08. The van der Waals surface area contributed by atoms with Crippen molar-refractivity contribution in [2.45, 2.75) is 12.8 Å². The van der Waals surface area contributed by atoms with Gasteiger partial charge >= 0.3 is 5.97 Å². The molecular weight excluding hydrogens is 570 g/mol. The van der Waals surface area contributed by atoms with Crippen LogP contribution in [-0.2, 0) is 11.2 Å². The summed E-state index contributed by atoms with van der Waals surface area (Å²) in [4.78, 5) is 29.3. The summed E-state index contributed by atoms with van der Waals surface area (Å²) in [6.07, 6.45) is 3.71. The molecule has 5 aromatic rings. The third-order valence-corrected chi connectivity index (χ3v) is 8.61.